The van der Waals surface area contributed by atoms with E-state index in [2.05, 4.69) is 20.7 Å². The van der Waals surface area contributed by atoms with Crippen molar-refractivity contribution >= 4 is 49.2 Å². The maximum Gasteiger partial charge on any atom is 0.348 e. The van der Waals surface area contributed by atoms with Gasteiger partial charge in [0, 0.05) is 10.2 Å². The summed E-state index contributed by atoms with van der Waals surface area (Å²) in [6.07, 6.45) is -0.957. The minimum Gasteiger partial charge on any atom is -0.484 e. The van der Waals surface area contributed by atoms with Crippen LogP contribution in [0.5, 0.6) is 11.5 Å². The number of hydrogen-bond acceptors (Lipinski definition) is 7. The molecular weight excluding hydrogens is 540 g/mol. The van der Waals surface area contributed by atoms with E-state index < -0.39 is 28.0 Å². The zero-order chi connectivity index (χ0) is 25.0. The summed E-state index contributed by atoms with van der Waals surface area (Å²) < 4.78 is 44.6. The Bertz CT molecular complexity index is 1330. The maximum absolute atomic E-state index is 12.9. The van der Waals surface area contributed by atoms with Crippen LogP contribution in [0.25, 0.3) is 0 Å². The van der Waals surface area contributed by atoms with Gasteiger partial charge in [-0.15, -0.1) is 0 Å². The van der Waals surface area contributed by atoms with E-state index in [9.17, 15) is 18.0 Å². The molecule has 9 nitrogen and oxygen atoms in total. The minimum atomic E-state index is -3.80. The first kappa shape index (κ1) is 24.6. The van der Waals surface area contributed by atoms with Crippen molar-refractivity contribution in [1.82, 2.24) is 0 Å². The molecule has 1 N–H and O–H groups in total. The summed E-state index contributed by atoms with van der Waals surface area (Å²) >= 11 is 3.30. The van der Waals surface area contributed by atoms with Crippen molar-refractivity contribution in [2.24, 2.45) is 0 Å². The molecule has 3 aromatic carbocycles. The van der Waals surface area contributed by atoms with Crippen molar-refractivity contribution < 1.29 is 32.2 Å². The summed E-state index contributed by atoms with van der Waals surface area (Å²) in [5, 5.41) is 0. The first-order valence-corrected chi connectivity index (χ1v) is 12.7. The van der Waals surface area contributed by atoms with Gasteiger partial charge in [0.15, 0.2) is 6.61 Å². The van der Waals surface area contributed by atoms with Gasteiger partial charge in [0.2, 0.25) is 6.10 Å². The van der Waals surface area contributed by atoms with E-state index >= 15 is 0 Å². The Morgan fingerprint density at radius 1 is 1.06 bits per heavy atom. The number of carbonyl (C=O) groups excluding carboxylic acids is 2. The molecule has 35 heavy (non-hydrogen) atoms. The van der Waals surface area contributed by atoms with Crippen LogP contribution >= 0.6 is 15.9 Å². The number of sulfonamides is 1. The SMILES string of the molecule is COC(=O)C1CN(C(=O)COc2ccc(S(=O)(=O)Nc3ccc(Br)cc3)cc2)c2ccccc2O1. The second kappa shape index (κ2) is 10.4. The number of para-hydroxylation sites is 2. The zero-order valence-corrected chi connectivity index (χ0v) is 20.9. The topological polar surface area (TPSA) is 111 Å². The van der Waals surface area contributed by atoms with Crippen LogP contribution in [0.1, 0.15) is 0 Å². The zero-order valence-electron chi connectivity index (χ0n) is 18.5. The molecule has 3 aromatic rings. The predicted octanol–water partition coefficient (Wildman–Crippen LogP) is 3.60. The van der Waals surface area contributed by atoms with Crippen LogP contribution in [0.4, 0.5) is 11.4 Å². The smallest absolute Gasteiger partial charge is 0.348 e. The Morgan fingerprint density at radius 2 is 1.74 bits per heavy atom. The van der Waals surface area contributed by atoms with E-state index in [4.69, 9.17) is 14.2 Å². The molecule has 0 saturated carbocycles. The number of halogens is 1. The first-order chi connectivity index (χ1) is 16.8. The third-order valence-corrected chi connectivity index (χ3v) is 7.06. The molecule has 1 atom stereocenters. The van der Waals surface area contributed by atoms with Gasteiger partial charge in [-0.25, -0.2) is 13.2 Å². The van der Waals surface area contributed by atoms with Crippen LogP contribution in [0.3, 0.4) is 0 Å². The van der Waals surface area contributed by atoms with Gasteiger partial charge in [-0.2, -0.15) is 0 Å². The molecule has 11 heteroatoms. The highest BCUT2D eigenvalue weighted by Gasteiger charge is 2.34. The van der Waals surface area contributed by atoms with Gasteiger partial charge in [-0.1, -0.05) is 28.1 Å². The Kier molecular flexibility index (Phi) is 7.27. The second-order valence-electron chi connectivity index (χ2n) is 7.47. The lowest BCUT2D eigenvalue weighted by atomic mass is 10.2. The number of methoxy groups -OCH3 is 1. The second-order valence-corrected chi connectivity index (χ2v) is 10.1. The molecule has 0 saturated heterocycles. The fourth-order valence-corrected chi connectivity index (χ4v) is 4.72. The van der Waals surface area contributed by atoms with E-state index in [1.54, 1.807) is 48.5 Å². The van der Waals surface area contributed by atoms with Gasteiger partial charge in [0.1, 0.15) is 11.5 Å². The first-order valence-electron chi connectivity index (χ1n) is 10.4. The molecule has 0 aromatic heterocycles. The third-order valence-electron chi connectivity index (χ3n) is 5.13. The minimum absolute atomic E-state index is 0.0230. The summed E-state index contributed by atoms with van der Waals surface area (Å²) in [5.41, 5.74) is 0.942. The number of nitrogens with one attached hydrogen (secondary N) is 1. The molecule has 1 unspecified atom stereocenters. The molecule has 0 spiro atoms. The van der Waals surface area contributed by atoms with Crippen LogP contribution in [-0.2, 0) is 24.3 Å². The van der Waals surface area contributed by atoms with E-state index in [1.165, 1.54) is 36.3 Å². The van der Waals surface area contributed by atoms with Crippen LogP contribution in [0.2, 0.25) is 0 Å². The number of nitrogens with zero attached hydrogens (tertiary/aromatic N) is 1. The number of benzene rings is 3. The number of hydrogen-bond donors (Lipinski definition) is 1. The quantitative estimate of drug-likeness (QED) is 0.439. The highest BCUT2D eigenvalue weighted by molar-refractivity contribution is 9.10. The van der Waals surface area contributed by atoms with Crippen molar-refractivity contribution in [3.05, 3.63) is 77.3 Å². The van der Waals surface area contributed by atoms with Crippen LogP contribution in [0, 0.1) is 0 Å². The van der Waals surface area contributed by atoms with Crippen LogP contribution in [0.15, 0.2) is 82.2 Å². The average molecular weight is 561 g/mol. The Balaban J connectivity index is 1.42. The fourth-order valence-electron chi connectivity index (χ4n) is 3.39. The number of ether oxygens (including phenoxy) is 3. The lowest BCUT2D eigenvalue weighted by Gasteiger charge is -2.33. The number of fused-ring (bicyclic) bond motifs is 1. The normalized spacial score (nSPS) is 14.9. The molecule has 0 aliphatic carbocycles. The highest BCUT2D eigenvalue weighted by atomic mass is 79.9. The Morgan fingerprint density at radius 3 is 2.43 bits per heavy atom. The molecule has 182 valence electrons. The van der Waals surface area contributed by atoms with Gasteiger partial charge in [-0.3, -0.25) is 9.52 Å². The maximum atomic E-state index is 12.9. The van der Waals surface area contributed by atoms with Crippen molar-refractivity contribution in [2.45, 2.75) is 11.0 Å². The van der Waals surface area contributed by atoms with Crippen molar-refractivity contribution in [1.29, 1.82) is 0 Å². The van der Waals surface area contributed by atoms with Gasteiger partial charge in [0.25, 0.3) is 15.9 Å². The lowest BCUT2D eigenvalue weighted by Crippen LogP contribution is -2.48. The molecule has 1 aliphatic rings. The molecule has 0 bridgehead atoms. The number of carbonyl (C=O) groups is 2. The summed E-state index contributed by atoms with van der Waals surface area (Å²) in [4.78, 5) is 26.4. The van der Waals surface area contributed by atoms with Gasteiger partial charge in [-0.05, 0) is 60.7 Å². The number of esters is 1. The van der Waals surface area contributed by atoms with Crippen molar-refractivity contribution in [3.8, 4) is 11.5 Å². The van der Waals surface area contributed by atoms with Gasteiger partial charge < -0.3 is 19.1 Å². The molecule has 0 fully saturated rings. The molecule has 4 rings (SSSR count). The number of anilines is 2. The average Bonchev–Trinajstić information content (AvgIpc) is 2.87. The summed E-state index contributed by atoms with van der Waals surface area (Å²) in [6.45, 7) is -0.351. The molecule has 1 aliphatic heterocycles. The highest BCUT2D eigenvalue weighted by Crippen LogP contribution is 2.33. The monoisotopic (exact) mass is 560 g/mol. The summed E-state index contributed by atoms with van der Waals surface area (Å²) in [6, 6.07) is 19.3. The third kappa shape index (κ3) is 5.75. The molecular formula is C24H21BrN2O7S. The van der Waals surface area contributed by atoms with Crippen molar-refractivity contribution in [3.63, 3.8) is 0 Å². The van der Waals surface area contributed by atoms with E-state index in [-0.39, 0.29) is 18.0 Å². The van der Waals surface area contributed by atoms with Crippen molar-refractivity contribution in [2.75, 3.05) is 29.9 Å². The Labute approximate surface area is 210 Å². The van der Waals surface area contributed by atoms with E-state index in [1.807, 2.05) is 0 Å². The lowest BCUT2D eigenvalue weighted by molar-refractivity contribution is -0.148. The predicted molar refractivity (Wildman–Crippen MR) is 132 cm³/mol. The molecule has 0 radical (unpaired) electrons. The van der Waals surface area contributed by atoms with E-state index in [0.717, 1.165) is 4.47 Å². The van der Waals surface area contributed by atoms with Gasteiger partial charge in [0.05, 0.1) is 24.2 Å². The fraction of sp³-hybridized carbons (Fsp3) is 0.167. The van der Waals surface area contributed by atoms with Gasteiger partial charge >= 0.3 is 5.97 Å². The van der Waals surface area contributed by atoms with Crippen LogP contribution in [-0.4, -0.2) is 46.7 Å². The molecule has 1 heterocycles. The van der Waals surface area contributed by atoms with E-state index in [0.29, 0.717) is 22.9 Å². The Hall–Kier alpha value is -3.57. The van der Waals surface area contributed by atoms with Crippen LogP contribution < -0.4 is 19.1 Å². The number of rotatable bonds is 7. The standard InChI is InChI=1S/C24H21BrN2O7S/c1-32-24(29)22-14-27(20-4-2-3-5-21(20)34-22)23(28)15-33-18-10-12-19(13-11-18)35(30,31)26-17-8-6-16(25)7-9-17/h2-13,22,26H,14-15H2,1H3. The molecule has 1 amide bonds. The summed E-state index contributed by atoms with van der Waals surface area (Å²) in [5.74, 6) is -0.294. The number of amides is 1. The largest absolute Gasteiger partial charge is 0.484 e. The summed E-state index contributed by atoms with van der Waals surface area (Å²) in [7, 11) is -2.55.